The van der Waals surface area contributed by atoms with Gasteiger partial charge < -0.3 is 0 Å². The fourth-order valence-corrected chi connectivity index (χ4v) is 2.21. The van der Waals surface area contributed by atoms with Crippen molar-refractivity contribution in [3.8, 4) is 0 Å². The van der Waals surface area contributed by atoms with Crippen LogP contribution in [-0.4, -0.2) is 0 Å². The van der Waals surface area contributed by atoms with Crippen molar-refractivity contribution in [2.24, 2.45) is 0 Å². The molecule has 0 aliphatic heterocycles. The molecule has 0 saturated heterocycles. The molecular weight excluding hydrogens is 212 g/mol. The Bertz CT molecular complexity index is 264. The van der Waals surface area contributed by atoms with E-state index in [1.807, 2.05) is 0 Å². The molecule has 0 radical (unpaired) electrons. The molecule has 0 heterocycles. The number of halogens is 1. The molecule has 1 aromatic carbocycles. The molecule has 0 fully saturated rings. The van der Waals surface area contributed by atoms with Crippen molar-refractivity contribution in [1.29, 1.82) is 0 Å². The predicted octanol–water partition coefficient (Wildman–Crippen LogP) is 4.01. The molecular formula is C11H15Br. The van der Waals surface area contributed by atoms with E-state index in [0.717, 1.165) is 5.33 Å². The molecule has 0 aliphatic carbocycles. The lowest BCUT2D eigenvalue weighted by molar-refractivity contribution is 0.852. The Balaban J connectivity index is 3.18. The summed E-state index contributed by atoms with van der Waals surface area (Å²) >= 11 is 3.53. The van der Waals surface area contributed by atoms with Crippen molar-refractivity contribution in [1.82, 2.24) is 0 Å². The van der Waals surface area contributed by atoms with Gasteiger partial charge >= 0.3 is 0 Å². The van der Waals surface area contributed by atoms with Gasteiger partial charge in [-0.3, -0.25) is 0 Å². The molecule has 0 atom stereocenters. The molecule has 0 N–H and O–H groups in total. The van der Waals surface area contributed by atoms with Crippen LogP contribution in [0.2, 0.25) is 0 Å². The van der Waals surface area contributed by atoms with Crippen molar-refractivity contribution in [2.75, 3.05) is 0 Å². The molecule has 0 saturated carbocycles. The van der Waals surface area contributed by atoms with Crippen LogP contribution in [0.4, 0.5) is 0 Å². The first-order valence-corrected chi connectivity index (χ1v) is 5.43. The lowest BCUT2D eigenvalue weighted by Gasteiger charge is -2.12. The van der Waals surface area contributed by atoms with E-state index in [0.29, 0.717) is 5.92 Å². The van der Waals surface area contributed by atoms with Crippen LogP contribution in [0.3, 0.4) is 0 Å². The number of aryl methyl sites for hydroxylation is 1. The maximum atomic E-state index is 3.53. The first kappa shape index (κ1) is 9.79. The van der Waals surface area contributed by atoms with E-state index in [1.165, 1.54) is 16.7 Å². The molecule has 1 aromatic rings. The summed E-state index contributed by atoms with van der Waals surface area (Å²) in [5.74, 6) is 0.623. The van der Waals surface area contributed by atoms with E-state index < -0.39 is 0 Å². The first-order chi connectivity index (χ1) is 5.66. The molecule has 0 aromatic heterocycles. The summed E-state index contributed by atoms with van der Waals surface area (Å²) in [7, 11) is 0. The minimum Gasteiger partial charge on any atom is -0.0876 e. The van der Waals surface area contributed by atoms with Gasteiger partial charge in [-0.2, -0.15) is 0 Å². The van der Waals surface area contributed by atoms with E-state index in [9.17, 15) is 0 Å². The molecule has 12 heavy (non-hydrogen) atoms. The van der Waals surface area contributed by atoms with Gasteiger partial charge in [0.15, 0.2) is 0 Å². The molecule has 0 aliphatic rings. The molecule has 0 nitrogen and oxygen atoms in total. The molecule has 0 spiro atoms. The van der Waals surface area contributed by atoms with Gasteiger partial charge in [-0.1, -0.05) is 48.0 Å². The van der Waals surface area contributed by atoms with Crippen LogP contribution in [0.1, 0.15) is 36.5 Å². The molecule has 0 bridgehead atoms. The third-order valence-corrected chi connectivity index (χ3v) is 2.76. The van der Waals surface area contributed by atoms with Crippen molar-refractivity contribution in [2.45, 2.75) is 32.0 Å². The van der Waals surface area contributed by atoms with Gasteiger partial charge in [-0.05, 0) is 29.5 Å². The van der Waals surface area contributed by atoms with Crippen LogP contribution in [-0.2, 0) is 5.33 Å². The zero-order chi connectivity index (χ0) is 9.14. The number of rotatable bonds is 2. The van der Waals surface area contributed by atoms with E-state index in [4.69, 9.17) is 0 Å². The average Bonchev–Trinajstić information content (AvgIpc) is 2.03. The standard InChI is InChI=1S/C11H15Br/c1-8(2)10-6-4-5-9(3)11(10)7-12/h4-6,8H,7H2,1-3H3. The third kappa shape index (κ3) is 1.89. The molecule has 0 amide bonds. The van der Waals surface area contributed by atoms with E-state index in [1.54, 1.807) is 0 Å². The lowest BCUT2D eigenvalue weighted by atomic mass is 9.95. The third-order valence-electron chi connectivity index (χ3n) is 2.20. The van der Waals surface area contributed by atoms with Crippen LogP contribution in [0.5, 0.6) is 0 Å². The van der Waals surface area contributed by atoms with Crippen molar-refractivity contribution in [3.63, 3.8) is 0 Å². The number of alkyl halides is 1. The number of hydrogen-bond donors (Lipinski definition) is 0. The Labute approximate surface area is 83.1 Å². The highest BCUT2D eigenvalue weighted by Gasteiger charge is 2.06. The second kappa shape index (κ2) is 4.08. The van der Waals surface area contributed by atoms with Crippen LogP contribution in [0.15, 0.2) is 18.2 Å². The van der Waals surface area contributed by atoms with Crippen LogP contribution in [0, 0.1) is 6.92 Å². The smallest absolute Gasteiger partial charge is 0.0288 e. The first-order valence-electron chi connectivity index (χ1n) is 4.31. The summed E-state index contributed by atoms with van der Waals surface area (Å²) in [4.78, 5) is 0. The minimum atomic E-state index is 0.623. The summed E-state index contributed by atoms with van der Waals surface area (Å²) in [5.41, 5.74) is 4.30. The fourth-order valence-electron chi connectivity index (χ4n) is 1.45. The number of hydrogen-bond acceptors (Lipinski definition) is 0. The monoisotopic (exact) mass is 226 g/mol. The van der Waals surface area contributed by atoms with Gasteiger partial charge in [0.05, 0.1) is 0 Å². The van der Waals surface area contributed by atoms with E-state index in [-0.39, 0.29) is 0 Å². The normalized spacial score (nSPS) is 10.8. The quantitative estimate of drug-likeness (QED) is 0.669. The van der Waals surface area contributed by atoms with Gasteiger partial charge in [0, 0.05) is 5.33 Å². The average molecular weight is 227 g/mol. The second-order valence-corrected chi connectivity index (χ2v) is 3.99. The molecule has 66 valence electrons. The Hall–Kier alpha value is -0.300. The summed E-state index contributed by atoms with van der Waals surface area (Å²) in [6.45, 7) is 6.64. The largest absolute Gasteiger partial charge is 0.0876 e. The fraction of sp³-hybridized carbons (Fsp3) is 0.455. The van der Waals surface area contributed by atoms with E-state index in [2.05, 4.69) is 54.9 Å². The second-order valence-electron chi connectivity index (χ2n) is 3.43. The van der Waals surface area contributed by atoms with Gasteiger partial charge in [0.2, 0.25) is 0 Å². The Morgan fingerprint density at radius 1 is 1.33 bits per heavy atom. The maximum absolute atomic E-state index is 3.53. The van der Waals surface area contributed by atoms with E-state index >= 15 is 0 Å². The highest BCUT2D eigenvalue weighted by Crippen LogP contribution is 2.24. The van der Waals surface area contributed by atoms with Crippen LogP contribution in [0.25, 0.3) is 0 Å². The highest BCUT2D eigenvalue weighted by atomic mass is 79.9. The lowest BCUT2D eigenvalue weighted by Crippen LogP contribution is -1.96. The van der Waals surface area contributed by atoms with Gasteiger partial charge in [0.25, 0.3) is 0 Å². The summed E-state index contributed by atoms with van der Waals surface area (Å²) < 4.78 is 0. The molecule has 1 heteroatoms. The molecule has 1 rings (SSSR count). The summed E-state index contributed by atoms with van der Waals surface area (Å²) in [5, 5.41) is 0.965. The highest BCUT2D eigenvalue weighted by molar-refractivity contribution is 9.08. The van der Waals surface area contributed by atoms with Crippen molar-refractivity contribution >= 4 is 15.9 Å². The Morgan fingerprint density at radius 3 is 2.42 bits per heavy atom. The van der Waals surface area contributed by atoms with Gasteiger partial charge in [-0.15, -0.1) is 0 Å². The zero-order valence-corrected chi connectivity index (χ0v) is 9.48. The SMILES string of the molecule is Cc1cccc(C(C)C)c1CBr. The van der Waals surface area contributed by atoms with Gasteiger partial charge in [-0.25, -0.2) is 0 Å². The molecule has 0 unspecified atom stereocenters. The number of benzene rings is 1. The summed E-state index contributed by atoms with van der Waals surface area (Å²) in [6.07, 6.45) is 0. The summed E-state index contributed by atoms with van der Waals surface area (Å²) in [6, 6.07) is 6.52. The zero-order valence-electron chi connectivity index (χ0n) is 7.89. The topological polar surface area (TPSA) is 0 Å². The maximum Gasteiger partial charge on any atom is 0.0288 e. The predicted molar refractivity (Wildman–Crippen MR) is 57.9 cm³/mol. The van der Waals surface area contributed by atoms with Crippen LogP contribution < -0.4 is 0 Å². The van der Waals surface area contributed by atoms with Crippen molar-refractivity contribution in [3.05, 3.63) is 34.9 Å². The van der Waals surface area contributed by atoms with Gasteiger partial charge in [0.1, 0.15) is 0 Å². The van der Waals surface area contributed by atoms with Crippen molar-refractivity contribution < 1.29 is 0 Å². The Kier molecular flexibility index (Phi) is 3.33. The van der Waals surface area contributed by atoms with Crippen LogP contribution >= 0.6 is 15.9 Å². The Morgan fingerprint density at radius 2 is 2.00 bits per heavy atom. The minimum absolute atomic E-state index is 0.623.